The van der Waals surface area contributed by atoms with Crippen LogP contribution in [0.2, 0.25) is 0 Å². The number of hydrogen-bond acceptors (Lipinski definition) is 6. The fourth-order valence-corrected chi connectivity index (χ4v) is 2.87. The number of allylic oxidation sites excluding steroid dienone is 2. The van der Waals surface area contributed by atoms with Gasteiger partial charge in [0.2, 0.25) is 0 Å². The Balaban J connectivity index is 4.26. The van der Waals surface area contributed by atoms with E-state index in [0.29, 0.717) is 19.1 Å². The van der Waals surface area contributed by atoms with Gasteiger partial charge >= 0.3 is 11.9 Å². The van der Waals surface area contributed by atoms with E-state index in [-0.39, 0.29) is 17.4 Å². The van der Waals surface area contributed by atoms with Crippen LogP contribution in [-0.2, 0) is 19.1 Å². The summed E-state index contributed by atoms with van der Waals surface area (Å²) >= 11 is 0. The molecule has 6 nitrogen and oxygen atoms in total. The Hall–Kier alpha value is -1.98. The minimum atomic E-state index is -0.312. The van der Waals surface area contributed by atoms with Crippen molar-refractivity contribution in [3.63, 3.8) is 0 Å². The zero-order valence-electron chi connectivity index (χ0n) is 18.1. The van der Waals surface area contributed by atoms with Gasteiger partial charge in [0.1, 0.15) is 0 Å². The van der Waals surface area contributed by atoms with Crippen molar-refractivity contribution in [1.29, 1.82) is 0 Å². The van der Waals surface area contributed by atoms with Crippen molar-refractivity contribution in [3.8, 4) is 0 Å². The van der Waals surface area contributed by atoms with Crippen molar-refractivity contribution in [1.82, 2.24) is 10.6 Å². The van der Waals surface area contributed by atoms with Gasteiger partial charge in [0.15, 0.2) is 0 Å². The molecule has 1 unspecified atom stereocenters. The maximum Gasteiger partial charge on any atom is 0.332 e. The number of esters is 2. The lowest BCUT2D eigenvalue weighted by Gasteiger charge is -2.29. The fourth-order valence-electron chi connectivity index (χ4n) is 2.87. The summed E-state index contributed by atoms with van der Waals surface area (Å²) in [6.45, 7) is 16.4. The Kier molecular flexibility index (Phi) is 12.3. The molecule has 2 N–H and O–H groups in total. The van der Waals surface area contributed by atoms with Gasteiger partial charge in [-0.25, -0.2) is 9.59 Å². The van der Waals surface area contributed by atoms with Gasteiger partial charge in [0, 0.05) is 36.6 Å². The quantitative estimate of drug-likeness (QED) is 0.375. The van der Waals surface area contributed by atoms with E-state index in [1.807, 2.05) is 13.8 Å². The number of ether oxygens (including phenoxy) is 2. The second-order valence-electron chi connectivity index (χ2n) is 7.69. The minimum Gasteiger partial charge on any atom is -0.463 e. The van der Waals surface area contributed by atoms with Crippen molar-refractivity contribution in [2.24, 2.45) is 11.3 Å². The zero-order valence-corrected chi connectivity index (χ0v) is 18.1. The second-order valence-corrected chi connectivity index (χ2v) is 7.69. The lowest BCUT2D eigenvalue weighted by Crippen LogP contribution is -2.27. The molecule has 0 amide bonds. The predicted octanol–water partition coefficient (Wildman–Crippen LogP) is 3.54. The first-order valence-corrected chi connectivity index (χ1v) is 9.77. The molecule has 0 aromatic carbocycles. The number of nitrogens with one attached hydrogen (secondary N) is 2. The Morgan fingerprint density at radius 3 is 1.93 bits per heavy atom. The van der Waals surface area contributed by atoms with Crippen molar-refractivity contribution in [3.05, 3.63) is 23.5 Å². The maximum atomic E-state index is 11.4. The third-order valence-corrected chi connectivity index (χ3v) is 4.08. The van der Waals surface area contributed by atoms with Crippen LogP contribution in [0.15, 0.2) is 23.5 Å². The van der Waals surface area contributed by atoms with Gasteiger partial charge in [-0.2, -0.15) is 0 Å². The highest BCUT2D eigenvalue weighted by atomic mass is 16.5. The molecular formula is C21H38N2O4. The summed E-state index contributed by atoms with van der Waals surface area (Å²) in [5, 5.41) is 6.56. The van der Waals surface area contributed by atoms with Gasteiger partial charge in [0.25, 0.3) is 0 Å². The summed E-state index contributed by atoms with van der Waals surface area (Å²) < 4.78 is 9.81. The predicted molar refractivity (Wildman–Crippen MR) is 109 cm³/mol. The number of carbonyl (C=O) groups excluding carboxylic acids is 2. The van der Waals surface area contributed by atoms with Crippen LogP contribution in [0.1, 0.15) is 61.3 Å². The second kappa shape index (κ2) is 13.2. The first-order chi connectivity index (χ1) is 12.6. The summed E-state index contributed by atoms with van der Waals surface area (Å²) in [5.41, 5.74) is 1.80. The van der Waals surface area contributed by atoms with E-state index in [4.69, 9.17) is 9.47 Å². The molecule has 0 heterocycles. The van der Waals surface area contributed by atoms with Gasteiger partial charge in [-0.3, -0.25) is 0 Å². The van der Waals surface area contributed by atoms with Crippen LogP contribution in [0.3, 0.4) is 0 Å². The van der Waals surface area contributed by atoms with E-state index in [1.165, 1.54) is 12.2 Å². The molecule has 0 aliphatic rings. The number of hydrogen-bond donors (Lipinski definition) is 2. The fraction of sp³-hybridized carbons (Fsp3) is 0.714. The van der Waals surface area contributed by atoms with Gasteiger partial charge < -0.3 is 20.1 Å². The maximum absolute atomic E-state index is 11.4. The molecule has 0 rings (SSSR count). The molecule has 1 atom stereocenters. The summed E-state index contributed by atoms with van der Waals surface area (Å²) in [6.07, 6.45) is 5.02. The Morgan fingerprint density at radius 2 is 1.44 bits per heavy atom. The number of carbonyl (C=O) groups is 2. The molecule has 0 saturated heterocycles. The molecule has 0 aromatic heterocycles. The highest BCUT2D eigenvalue weighted by molar-refractivity contribution is 5.82. The highest BCUT2D eigenvalue weighted by Gasteiger charge is 2.20. The SMILES string of the molecule is CCOC(=O)/C=C(/C)NCCC(C)(C)CC(C)CN/C(C)=C\C(=O)OCC. The van der Waals surface area contributed by atoms with Crippen molar-refractivity contribution in [2.45, 2.75) is 61.3 Å². The molecule has 27 heavy (non-hydrogen) atoms. The summed E-state index contributed by atoms with van der Waals surface area (Å²) in [4.78, 5) is 22.8. The third-order valence-electron chi connectivity index (χ3n) is 4.08. The van der Waals surface area contributed by atoms with Gasteiger partial charge in [-0.15, -0.1) is 0 Å². The highest BCUT2D eigenvalue weighted by Crippen LogP contribution is 2.28. The minimum absolute atomic E-state index is 0.164. The van der Waals surface area contributed by atoms with Crippen molar-refractivity contribution < 1.29 is 19.1 Å². The summed E-state index contributed by atoms with van der Waals surface area (Å²) in [6, 6.07) is 0. The summed E-state index contributed by atoms with van der Waals surface area (Å²) in [7, 11) is 0. The van der Waals surface area contributed by atoms with Gasteiger partial charge in [0.05, 0.1) is 13.2 Å². The van der Waals surface area contributed by atoms with E-state index in [0.717, 1.165) is 37.3 Å². The molecule has 0 spiro atoms. The van der Waals surface area contributed by atoms with E-state index in [2.05, 4.69) is 31.4 Å². The van der Waals surface area contributed by atoms with Crippen LogP contribution in [0, 0.1) is 11.3 Å². The van der Waals surface area contributed by atoms with Crippen LogP contribution in [-0.4, -0.2) is 38.2 Å². The van der Waals surface area contributed by atoms with Crippen LogP contribution < -0.4 is 10.6 Å². The van der Waals surface area contributed by atoms with Crippen LogP contribution in [0.4, 0.5) is 0 Å². The molecular weight excluding hydrogens is 344 g/mol. The first kappa shape index (κ1) is 25.0. The van der Waals surface area contributed by atoms with Gasteiger partial charge in [-0.1, -0.05) is 20.8 Å². The normalized spacial score (nSPS) is 13.7. The first-order valence-electron chi connectivity index (χ1n) is 9.77. The average molecular weight is 383 g/mol. The standard InChI is InChI=1S/C21H38N2O4/c1-8-26-19(24)12-17(4)22-11-10-21(6,7)14-16(3)15-23-18(5)13-20(25)27-9-2/h12-13,16,22-23H,8-11,14-15H2,1-7H3/b17-12-,18-13-. The molecule has 6 heteroatoms. The van der Waals surface area contributed by atoms with E-state index in [9.17, 15) is 9.59 Å². The largest absolute Gasteiger partial charge is 0.463 e. The van der Waals surface area contributed by atoms with Gasteiger partial charge in [-0.05, 0) is 51.9 Å². The Labute approximate surface area is 164 Å². The van der Waals surface area contributed by atoms with E-state index < -0.39 is 0 Å². The molecule has 0 aliphatic carbocycles. The topological polar surface area (TPSA) is 76.7 Å². The lowest BCUT2D eigenvalue weighted by molar-refractivity contribution is -0.138. The van der Waals surface area contributed by atoms with Crippen LogP contribution >= 0.6 is 0 Å². The van der Waals surface area contributed by atoms with Crippen LogP contribution in [0.5, 0.6) is 0 Å². The van der Waals surface area contributed by atoms with Crippen molar-refractivity contribution in [2.75, 3.05) is 26.3 Å². The summed E-state index contributed by atoms with van der Waals surface area (Å²) in [5.74, 6) is -0.165. The zero-order chi connectivity index (χ0) is 20.9. The lowest BCUT2D eigenvalue weighted by atomic mass is 9.80. The molecule has 0 bridgehead atoms. The van der Waals surface area contributed by atoms with Crippen LogP contribution in [0.25, 0.3) is 0 Å². The van der Waals surface area contributed by atoms with E-state index >= 15 is 0 Å². The third kappa shape index (κ3) is 13.8. The molecule has 0 radical (unpaired) electrons. The van der Waals surface area contributed by atoms with Crippen molar-refractivity contribution >= 4 is 11.9 Å². The Bertz CT molecular complexity index is 524. The van der Waals surface area contributed by atoms with E-state index in [1.54, 1.807) is 13.8 Å². The average Bonchev–Trinajstić information content (AvgIpc) is 2.52. The number of rotatable bonds is 13. The molecule has 0 aliphatic heterocycles. The smallest absolute Gasteiger partial charge is 0.332 e. The molecule has 156 valence electrons. The molecule has 0 saturated carbocycles. The monoisotopic (exact) mass is 382 g/mol. The Morgan fingerprint density at radius 1 is 0.963 bits per heavy atom. The molecule has 0 aromatic rings. The molecule has 0 fully saturated rings.